The number of aromatic nitrogens is 1. The fourth-order valence-corrected chi connectivity index (χ4v) is 6.19. The van der Waals surface area contributed by atoms with Crippen molar-refractivity contribution in [1.29, 1.82) is 0 Å². The minimum absolute atomic E-state index is 0.194. The van der Waals surface area contributed by atoms with Gasteiger partial charge in [-0.1, -0.05) is 41.5 Å². The summed E-state index contributed by atoms with van der Waals surface area (Å²) in [5.41, 5.74) is 5.15. The first-order chi connectivity index (χ1) is 15.0. The van der Waals surface area contributed by atoms with E-state index >= 15 is 0 Å². The van der Waals surface area contributed by atoms with Crippen molar-refractivity contribution < 1.29 is 2.74 Å². The smallest absolute Gasteiger partial charge is 0.0599 e. The molecule has 3 aromatic rings. The maximum absolute atomic E-state index is 8.99. The number of pyridine rings is 1. The zero-order valence-electron chi connectivity index (χ0n) is 22.7. The Kier molecular flexibility index (Phi) is 5.81. The number of hydrogen-bond acceptors (Lipinski definition) is 1. The Morgan fingerprint density at radius 1 is 0.806 bits per heavy atom. The molecule has 1 aromatic heterocycles. The normalized spacial score (nSPS) is 14.2. The van der Waals surface area contributed by atoms with Gasteiger partial charge in [-0.05, 0) is 0 Å². The third-order valence-corrected chi connectivity index (χ3v) is 9.80. The van der Waals surface area contributed by atoms with Crippen molar-refractivity contribution in [3.8, 4) is 22.4 Å². The van der Waals surface area contributed by atoms with Crippen molar-refractivity contribution in [1.82, 2.24) is 4.98 Å². The van der Waals surface area contributed by atoms with Crippen LogP contribution in [0.4, 0.5) is 0 Å². The number of nitrogens with zero attached hydrogens (tertiary/aromatic N) is 1. The molecule has 0 amide bonds. The van der Waals surface area contributed by atoms with Crippen LogP contribution in [0, 0.1) is 5.41 Å². The summed E-state index contributed by atoms with van der Waals surface area (Å²) >= 11 is -1.84. The van der Waals surface area contributed by atoms with Crippen LogP contribution >= 0.6 is 0 Å². The second kappa shape index (κ2) is 8.58. The molecule has 0 bridgehead atoms. The Balaban J connectivity index is 2.10. The van der Waals surface area contributed by atoms with Gasteiger partial charge < -0.3 is 0 Å². The van der Waals surface area contributed by atoms with E-state index in [4.69, 9.17) is 7.73 Å². The van der Waals surface area contributed by atoms with Gasteiger partial charge in [0, 0.05) is 0 Å². The molecular formula is C29H39GeN. The van der Waals surface area contributed by atoms with Gasteiger partial charge in [0.05, 0.1) is 0 Å². The molecule has 0 aliphatic rings. The molecule has 164 valence electrons. The second-order valence-electron chi connectivity index (χ2n) is 11.6. The van der Waals surface area contributed by atoms with E-state index < -0.39 is 25.1 Å². The topological polar surface area (TPSA) is 12.9 Å². The van der Waals surface area contributed by atoms with Crippen LogP contribution in [0.3, 0.4) is 0 Å². The van der Waals surface area contributed by atoms with E-state index in [0.717, 1.165) is 27.9 Å². The molecule has 0 N–H and O–H groups in total. The van der Waals surface area contributed by atoms with Crippen LogP contribution in [-0.2, 0) is 11.8 Å². The third kappa shape index (κ3) is 6.10. The first-order valence-corrected chi connectivity index (χ1v) is 18.6. The third-order valence-electron chi connectivity index (χ3n) is 5.46. The minimum Gasteiger partial charge on any atom is -0.0599 e. The van der Waals surface area contributed by atoms with Crippen molar-refractivity contribution in [3.63, 3.8) is 0 Å². The Morgan fingerprint density at radius 3 is 1.97 bits per heavy atom. The molecule has 3 rings (SSSR count). The monoisotopic (exact) mass is 477 g/mol. The van der Waals surface area contributed by atoms with Crippen LogP contribution in [0.25, 0.3) is 22.4 Å². The van der Waals surface area contributed by atoms with Crippen LogP contribution < -0.4 is 4.40 Å². The first kappa shape index (κ1) is 21.0. The quantitative estimate of drug-likeness (QED) is 0.350. The van der Waals surface area contributed by atoms with E-state index in [1.165, 1.54) is 9.96 Å². The van der Waals surface area contributed by atoms with Gasteiger partial charge in [0.2, 0.25) is 0 Å². The molecule has 2 aromatic carbocycles. The standard InChI is InChI=1S/C29H39GeN/c1-28(2,3)19-24-18-27(31-20-26(24)29(4,5)6)23-12-10-11-22(17-23)21-13-15-25(16-14-21)30(7,8)9/h10-18,20H,19H2,1-9H3/i19D2. The summed E-state index contributed by atoms with van der Waals surface area (Å²) in [6.45, 7) is 12.3. The number of rotatable bonds is 4. The molecule has 0 fully saturated rings. The molecule has 31 heavy (non-hydrogen) atoms. The molecule has 1 heterocycles. The van der Waals surface area contributed by atoms with E-state index in [0.29, 0.717) is 0 Å². The Morgan fingerprint density at radius 2 is 1.42 bits per heavy atom. The van der Waals surface area contributed by atoms with Gasteiger partial charge in [-0.15, -0.1) is 0 Å². The van der Waals surface area contributed by atoms with Gasteiger partial charge in [-0.25, -0.2) is 0 Å². The van der Waals surface area contributed by atoms with Gasteiger partial charge in [0.15, 0.2) is 0 Å². The summed E-state index contributed by atoms with van der Waals surface area (Å²) in [5, 5.41) is 0. The van der Waals surface area contributed by atoms with Crippen molar-refractivity contribution in [2.75, 3.05) is 0 Å². The van der Waals surface area contributed by atoms with Gasteiger partial charge in [0.25, 0.3) is 0 Å². The van der Waals surface area contributed by atoms with E-state index in [1.54, 1.807) is 0 Å². The zero-order valence-corrected chi connectivity index (χ0v) is 22.8. The first-order valence-electron chi connectivity index (χ1n) is 12.2. The van der Waals surface area contributed by atoms with Crippen LogP contribution in [-0.4, -0.2) is 18.3 Å². The van der Waals surface area contributed by atoms with Gasteiger partial charge in [-0.3, -0.25) is 0 Å². The summed E-state index contributed by atoms with van der Waals surface area (Å²) < 4.78 is 19.5. The van der Waals surface area contributed by atoms with Gasteiger partial charge >= 0.3 is 154 Å². The van der Waals surface area contributed by atoms with Crippen molar-refractivity contribution in [3.05, 3.63) is 71.9 Å². The fourth-order valence-electron chi connectivity index (χ4n) is 3.74. The summed E-state index contributed by atoms with van der Waals surface area (Å²) in [5.74, 6) is 7.24. The Bertz CT molecular complexity index is 1130. The second-order valence-corrected chi connectivity index (χ2v) is 22.3. The van der Waals surface area contributed by atoms with E-state index in [9.17, 15) is 0 Å². The van der Waals surface area contributed by atoms with E-state index in [-0.39, 0.29) is 5.41 Å². The predicted molar refractivity (Wildman–Crippen MR) is 140 cm³/mol. The molecule has 0 saturated carbocycles. The van der Waals surface area contributed by atoms with Crippen molar-refractivity contribution in [2.45, 2.75) is 70.6 Å². The SMILES string of the molecule is [2H]C([2H])(c1cc(-c2cccc(-c3cc[c]([Ge]([CH3])([CH3])[CH3])cc3)c2)ncc1C(C)(C)C)C(C)(C)C. The van der Waals surface area contributed by atoms with Gasteiger partial charge in [-0.2, -0.15) is 0 Å². The molecule has 0 saturated heterocycles. The van der Waals surface area contributed by atoms with Crippen molar-refractivity contribution >= 4 is 17.7 Å². The summed E-state index contributed by atoms with van der Waals surface area (Å²) in [7, 11) is 0. The van der Waals surface area contributed by atoms with Crippen LogP contribution in [0.5, 0.6) is 0 Å². The Labute approximate surface area is 195 Å². The molecule has 0 aliphatic heterocycles. The van der Waals surface area contributed by atoms with E-state index in [1.807, 2.05) is 33.0 Å². The molecule has 2 heteroatoms. The van der Waals surface area contributed by atoms with Crippen LogP contribution in [0.15, 0.2) is 60.8 Å². The average molecular weight is 476 g/mol. The summed E-state index contributed by atoms with van der Waals surface area (Å²) in [4.78, 5) is 4.79. The number of benzene rings is 2. The summed E-state index contributed by atoms with van der Waals surface area (Å²) in [6.07, 6.45) is 0.393. The summed E-state index contributed by atoms with van der Waals surface area (Å²) in [6, 6.07) is 19.4. The average Bonchev–Trinajstić information content (AvgIpc) is 2.71. The molecule has 0 aliphatic carbocycles. The number of hydrogen-bond donors (Lipinski definition) is 0. The molecule has 0 spiro atoms. The molecular weight excluding hydrogens is 435 g/mol. The Hall–Kier alpha value is -1.87. The minimum atomic E-state index is -1.84. The van der Waals surface area contributed by atoms with Crippen molar-refractivity contribution in [2.24, 2.45) is 5.41 Å². The van der Waals surface area contributed by atoms with Gasteiger partial charge in [0.1, 0.15) is 0 Å². The predicted octanol–water partition coefficient (Wildman–Crippen LogP) is 7.85. The zero-order chi connectivity index (χ0) is 24.8. The fraction of sp³-hybridized carbons (Fsp3) is 0.414. The molecule has 0 unspecified atom stereocenters. The maximum atomic E-state index is 8.99. The van der Waals surface area contributed by atoms with Crippen LogP contribution in [0.1, 0.15) is 55.4 Å². The van der Waals surface area contributed by atoms with E-state index in [2.05, 4.69) is 86.6 Å². The van der Waals surface area contributed by atoms with Crippen LogP contribution in [0.2, 0.25) is 17.3 Å². The molecule has 0 radical (unpaired) electrons. The molecule has 1 nitrogen and oxygen atoms in total. The molecule has 0 atom stereocenters.